The monoisotopic (exact) mass is 374 g/mol. The third kappa shape index (κ3) is 5.04. The van der Waals surface area contributed by atoms with E-state index in [2.05, 4.69) is 19.6 Å². The van der Waals surface area contributed by atoms with Gasteiger partial charge in [-0.1, -0.05) is 26.6 Å². The molecule has 0 amide bonds. The Morgan fingerprint density at radius 2 is 1.88 bits per heavy atom. The highest BCUT2D eigenvalue weighted by Gasteiger charge is 2.62. The summed E-state index contributed by atoms with van der Waals surface area (Å²) in [5.41, 5.74) is -1.20. The summed E-state index contributed by atoms with van der Waals surface area (Å²) < 4.78 is 28.7. The maximum absolute atomic E-state index is 12.6. The minimum absolute atomic E-state index is 0.0902. The molecule has 2 aliphatic rings. The van der Waals surface area contributed by atoms with E-state index in [0.717, 1.165) is 31.7 Å². The summed E-state index contributed by atoms with van der Waals surface area (Å²) in [6.45, 7) is 9.83. The maximum Gasteiger partial charge on any atom is 0.343 e. The first-order valence-electron chi connectivity index (χ1n) is 9.39. The first-order valence-corrected chi connectivity index (χ1v) is 13.1. The highest BCUT2D eigenvalue weighted by molar-refractivity contribution is 6.76. The van der Waals surface area contributed by atoms with Crippen molar-refractivity contribution in [2.75, 3.05) is 27.1 Å². The lowest BCUT2D eigenvalue weighted by atomic mass is 9.96. The second-order valence-corrected chi connectivity index (χ2v) is 13.9. The van der Waals surface area contributed by atoms with E-state index < -0.39 is 25.4 Å². The van der Waals surface area contributed by atoms with Crippen molar-refractivity contribution in [3.63, 3.8) is 0 Å². The van der Waals surface area contributed by atoms with Gasteiger partial charge in [-0.25, -0.2) is 4.79 Å². The van der Waals surface area contributed by atoms with Crippen LogP contribution in [0.25, 0.3) is 0 Å². The lowest BCUT2D eigenvalue weighted by Gasteiger charge is -2.30. The predicted octanol–water partition coefficient (Wildman–Crippen LogP) is 3.32. The van der Waals surface area contributed by atoms with Gasteiger partial charge in [-0.15, -0.1) is 0 Å². The average Bonchev–Trinajstić information content (AvgIpc) is 3.14. The molecule has 7 heteroatoms. The first kappa shape index (κ1) is 20.8. The minimum Gasteiger partial charge on any atom is -0.467 e. The van der Waals surface area contributed by atoms with Gasteiger partial charge in [0.05, 0.1) is 13.7 Å². The smallest absolute Gasteiger partial charge is 0.343 e. The van der Waals surface area contributed by atoms with E-state index in [1.165, 1.54) is 7.11 Å². The van der Waals surface area contributed by atoms with Crippen LogP contribution in [-0.2, 0) is 28.5 Å². The highest BCUT2D eigenvalue weighted by atomic mass is 28.3. The molecule has 2 fully saturated rings. The van der Waals surface area contributed by atoms with Crippen LogP contribution in [-0.4, -0.2) is 58.7 Å². The Balaban J connectivity index is 1.94. The number of hydrogen-bond acceptors (Lipinski definition) is 6. The Morgan fingerprint density at radius 1 is 1.20 bits per heavy atom. The normalized spacial score (nSPS) is 28.6. The van der Waals surface area contributed by atoms with Crippen molar-refractivity contribution in [2.24, 2.45) is 0 Å². The Hall–Kier alpha value is -0.473. The van der Waals surface area contributed by atoms with Crippen molar-refractivity contribution >= 4 is 14.0 Å². The Kier molecular flexibility index (Phi) is 7.07. The maximum atomic E-state index is 12.6. The summed E-state index contributed by atoms with van der Waals surface area (Å²) >= 11 is 0. The number of methoxy groups -OCH3 is 1. The van der Waals surface area contributed by atoms with Gasteiger partial charge in [-0.3, -0.25) is 0 Å². The van der Waals surface area contributed by atoms with Gasteiger partial charge >= 0.3 is 5.97 Å². The quantitative estimate of drug-likeness (QED) is 0.267. The zero-order valence-electron chi connectivity index (χ0n) is 16.4. The molecular formula is C18H34O6Si. The second kappa shape index (κ2) is 8.48. The lowest BCUT2D eigenvalue weighted by Crippen LogP contribution is -2.52. The third-order valence-corrected chi connectivity index (χ3v) is 6.70. The molecule has 1 saturated heterocycles. The summed E-state index contributed by atoms with van der Waals surface area (Å²) in [5.74, 6) is -1.08. The van der Waals surface area contributed by atoms with Crippen LogP contribution in [0.2, 0.25) is 25.7 Å². The fourth-order valence-corrected chi connectivity index (χ4v) is 4.30. The lowest BCUT2D eigenvalue weighted by molar-refractivity contribution is -0.212. The van der Waals surface area contributed by atoms with Crippen LogP contribution in [0.15, 0.2) is 0 Å². The van der Waals surface area contributed by atoms with Crippen LogP contribution in [0.4, 0.5) is 0 Å². The summed E-state index contributed by atoms with van der Waals surface area (Å²) in [6, 6.07) is 1.08. The number of carbonyl (C=O) groups is 1. The zero-order chi connectivity index (χ0) is 18.6. The molecule has 0 N–H and O–H groups in total. The minimum atomic E-state index is -1.20. The van der Waals surface area contributed by atoms with Crippen molar-refractivity contribution in [1.29, 1.82) is 0 Å². The molecule has 1 aliphatic carbocycles. The predicted molar refractivity (Wildman–Crippen MR) is 97.1 cm³/mol. The largest absolute Gasteiger partial charge is 0.467 e. The fraction of sp³-hybridized carbons (Fsp3) is 0.944. The van der Waals surface area contributed by atoms with Crippen LogP contribution >= 0.6 is 0 Å². The number of rotatable bonds is 9. The molecular weight excluding hydrogens is 340 g/mol. The van der Waals surface area contributed by atoms with Crippen LogP contribution < -0.4 is 0 Å². The molecule has 0 aromatic heterocycles. The molecule has 0 aromatic carbocycles. The molecule has 2 rings (SSSR count). The number of esters is 1. The van der Waals surface area contributed by atoms with E-state index in [9.17, 15) is 4.79 Å². The summed E-state index contributed by atoms with van der Waals surface area (Å²) in [4.78, 5) is 12.6. The van der Waals surface area contributed by atoms with Gasteiger partial charge in [0.25, 0.3) is 0 Å². The van der Waals surface area contributed by atoms with E-state index in [1.54, 1.807) is 0 Å². The molecule has 1 spiro atoms. The zero-order valence-corrected chi connectivity index (χ0v) is 17.4. The van der Waals surface area contributed by atoms with Crippen LogP contribution in [0, 0.1) is 0 Å². The molecule has 1 aliphatic heterocycles. The molecule has 2 unspecified atom stereocenters. The molecule has 0 aromatic rings. The van der Waals surface area contributed by atoms with Crippen molar-refractivity contribution in [3.05, 3.63) is 0 Å². The second-order valence-electron chi connectivity index (χ2n) is 8.30. The van der Waals surface area contributed by atoms with Gasteiger partial charge in [0.1, 0.15) is 12.9 Å². The number of carbonyl (C=O) groups excluding carboxylic acids is 1. The van der Waals surface area contributed by atoms with Gasteiger partial charge in [0.2, 0.25) is 5.60 Å². The first-order chi connectivity index (χ1) is 11.8. The number of ether oxygens (including phenoxy) is 5. The molecule has 146 valence electrons. The third-order valence-electron chi connectivity index (χ3n) is 4.99. The van der Waals surface area contributed by atoms with Crippen LogP contribution in [0.5, 0.6) is 0 Å². The van der Waals surface area contributed by atoms with E-state index in [0.29, 0.717) is 13.0 Å². The number of hydrogen-bond donors (Lipinski definition) is 0. The van der Waals surface area contributed by atoms with Crippen molar-refractivity contribution in [2.45, 2.75) is 82.2 Å². The SMILES string of the molecule is CCC1OC2(CCCC2)OC1(COCOCC[Si](C)(C)C)C(=O)OC. The molecule has 2 atom stereocenters. The standard InChI is InChI=1S/C18H34O6Si/c1-6-15-18(16(19)20-2,24-17(23-15)9-7-8-10-17)13-22-14-21-11-12-25(3,4)5/h15H,6-14H2,1-5H3. The molecule has 1 saturated carbocycles. The molecule has 6 nitrogen and oxygen atoms in total. The average molecular weight is 375 g/mol. The van der Waals surface area contributed by atoms with E-state index in [-0.39, 0.29) is 19.5 Å². The molecule has 25 heavy (non-hydrogen) atoms. The highest BCUT2D eigenvalue weighted by Crippen LogP contribution is 2.47. The Bertz CT molecular complexity index is 443. The summed E-state index contributed by atoms with van der Waals surface area (Å²) in [7, 11) is 0.260. The Morgan fingerprint density at radius 3 is 2.44 bits per heavy atom. The van der Waals surface area contributed by atoms with Crippen molar-refractivity contribution < 1.29 is 28.5 Å². The van der Waals surface area contributed by atoms with E-state index >= 15 is 0 Å². The van der Waals surface area contributed by atoms with Crippen LogP contribution in [0.3, 0.4) is 0 Å². The summed E-state index contributed by atoms with van der Waals surface area (Å²) in [5, 5.41) is 0. The molecule has 1 heterocycles. The van der Waals surface area contributed by atoms with Gasteiger partial charge in [0, 0.05) is 27.5 Å². The van der Waals surface area contributed by atoms with Crippen LogP contribution in [0.1, 0.15) is 39.0 Å². The van der Waals surface area contributed by atoms with Gasteiger partial charge < -0.3 is 23.7 Å². The van der Waals surface area contributed by atoms with Gasteiger partial charge in [-0.05, 0) is 25.3 Å². The van der Waals surface area contributed by atoms with Gasteiger partial charge in [0.15, 0.2) is 5.79 Å². The Labute approximate surface area is 152 Å². The summed E-state index contributed by atoms with van der Waals surface area (Å²) in [6.07, 6.45) is 4.03. The molecule has 0 bridgehead atoms. The van der Waals surface area contributed by atoms with E-state index in [1.807, 2.05) is 6.92 Å². The fourth-order valence-electron chi connectivity index (χ4n) is 3.54. The van der Waals surface area contributed by atoms with E-state index in [4.69, 9.17) is 23.7 Å². The van der Waals surface area contributed by atoms with Gasteiger partial charge in [-0.2, -0.15) is 0 Å². The molecule has 0 radical (unpaired) electrons. The van der Waals surface area contributed by atoms with Crippen molar-refractivity contribution in [1.82, 2.24) is 0 Å². The topological polar surface area (TPSA) is 63.2 Å². The van der Waals surface area contributed by atoms with Crippen molar-refractivity contribution in [3.8, 4) is 0 Å².